The van der Waals surface area contributed by atoms with Crippen LogP contribution in [0, 0.1) is 18.6 Å². The topological polar surface area (TPSA) is 93.9 Å². The van der Waals surface area contributed by atoms with Crippen molar-refractivity contribution in [2.24, 2.45) is 0 Å². The third-order valence-corrected chi connectivity index (χ3v) is 7.89. The molecule has 180 valence electrons. The molecule has 2 aromatic carbocycles. The first kappa shape index (κ1) is 23.1. The van der Waals surface area contributed by atoms with Crippen molar-refractivity contribution in [1.29, 1.82) is 0 Å². The van der Waals surface area contributed by atoms with Crippen LogP contribution in [-0.4, -0.2) is 40.6 Å². The Balaban J connectivity index is 1.60. The third kappa shape index (κ3) is 4.66. The molecule has 0 bridgehead atoms. The van der Waals surface area contributed by atoms with Crippen LogP contribution in [0.25, 0.3) is 22.3 Å². The molecular formula is C25H22F2N4O3S. The van der Waals surface area contributed by atoms with Gasteiger partial charge in [-0.2, -0.15) is 5.10 Å². The first-order valence-corrected chi connectivity index (χ1v) is 12.9. The maximum atomic E-state index is 13.5. The van der Waals surface area contributed by atoms with Crippen LogP contribution in [0.3, 0.4) is 0 Å². The fourth-order valence-corrected chi connectivity index (χ4v) is 6.06. The molecule has 35 heavy (non-hydrogen) atoms. The van der Waals surface area contributed by atoms with E-state index in [2.05, 4.69) is 10.4 Å². The monoisotopic (exact) mass is 496 g/mol. The number of nitrogens with one attached hydrogen (secondary N) is 1. The van der Waals surface area contributed by atoms with Gasteiger partial charge in [-0.25, -0.2) is 26.9 Å². The second-order valence-electron chi connectivity index (χ2n) is 8.66. The molecule has 0 aliphatic carbocycles. The van der Waals surface area contributed by atoms with E-state index >= 15 is 0 Å². The predicted octanol–water partition coefficient (Wildman–Crippen LogP) is 3.97. The lowest BCUT2D eigenvalue weighted by Gasteiger charge is -2.12. The Bertz CT molecular complexity index is 1530. The number of fused-ring (bicyclic) bond motifs is 1. The lowest BCUT2D eigenvalue weighted by molar-refractivity contribution is 0.0952. The van der Waals surface area contributed by atoms with Gasteiger partial charge in [0.05, 0.1) is 39.9 Å². The van der Waals surface area contributed by atoms with Crippen molar-refractivity contribution in [1.82, 2.24) is 20.1 Å². The largest absolute Gasteiger partial charge is 0.348 e. The molecule has 0 radical (unpaired) electrons. The zero-order valence-corrected chi connectivity index (χ0v) is 19.6. The maximum Gasteiger partial charge on any atom is 0.252 e. The second kappa shape index (κ2) is 8.84. The highest BCUT2D eigenvalue weighted by molar-refractivity contribution is 7.91. The summed E-state index contributed by atoms with van der Waals surface area (Å²) in [6.45, 7) is 1.93. The molecule has 3 heterocycles. The summed E-state index contributed by atoms with van der Waals surface area (Å²) in [5.74, 6) is -1.12. The summed E-state index contributed by atoms with van der Waals surface area (Å²) in [7, 11) is -3.18. The van der Waals surface area contributed by atoms with E-state index in [0.717, 1.165) is 5.56 Å². The molecule has 1 amide bonds. The van der Waals surface area contributed by atoms with Crippen molar-refractivity contribution in [3.63, 3.8) is 0 Å². The van der Waals surface area contributed by atoms with Crippen LogP contribution >= 0.6 is 0 Å². The number of sulfone groups is 1. The van der Waals surface area contributed by atoms with E-state index in [0.29, 0.717) is 40.0 Å². The number of nitrogens with zero attached hydrogens (tertiary/aromatic N) is 3. The zero-order chi connectivity index (χ0) is 24.7. The van der Waals surface area contributed by atoms with Crippen molar-refractivity contribution >= 4 is 26.8 Å². The number of aromatic nitrogens is 3. The molecule has 1 fully saturated rings. The molecule has 1 aliphatic rings. The number of rotatable bonds is 5. The Morgan fingerprint density at radius 2 is 1.74 bits per heavy atom. The van der Waals surface area contributed by atoms with Gasteiger partial charge in [-0.05, 0) is 61.4 Å². The highest BCUT2D eigenvalue weighted by Gasteiger charge is 2.32. The van der Waals surface area contributed by atoms with Crippen LogP contribution in [0.1, 0.15) is 34.1 Å². The lowest BCUT2D eigenvalue weighted by Crippen LogP contribution is -2.23. The summed E-state index contributed by atoms with van der Waals surface area (Å²) in [6, 6.07) is 12.8. The summed E-state index contributed by atoms with van der Waals surface area (Å²) in [5.41, 5.74) is 3.04. The molecule has 1 aliphatic heterocycles. The van der Waals surface area contributed by atoms with E-state index in [1.54, 1.807) is 41.9 Å². The quantitative estimate of drug-likeness (QED) is 0.451. The van der Waals surface area contributed by atoms with E-state index in [1.165, 1.54) is 24.3 Å². The standard InChI is InChI=1S/C25H22F2N4O3S/c1-15-23-21(25(32)28-13-16-2-6-18(26)7-3-16)12-22(17-4-8-19(27)9-5-17)29-24(23)31(30-15)20-10-11-35(33,34)14-20/h2-9,12,20H,10-11,13-14H2,1H3,(H,28,32)/t20-/m1/s1. The Hall–Kier alpha value is -3.66. The summed E-state index contributed by atoms with van der Waals surface area (Å²) in [4.78, 5) is 18.0. The van der Waals surface area contributed by atoms with Crippen LogP contribution in [0.15, 0.2) is 54.6 Å². The minimum atomic E-state index is -3.18. The van der Waals surface area contributed by atoms with Gasteiger partial charge in [-0.3, -0.25) is 4.79 Å². The summed E-state index contributed by atoms with van der Waals surface area (Å²) in [5, 5.41) is 7.94. The molecule has 7 nitrogen and oxygen atoms in total. The Kier molecular flexibility index (Phi) is 5.84. The number of hydrogen-bond acceptors (Lipinski definition) is 5. The molecule has 0 saturated carbocycles. The number of benzene rings is 2. The van der Waals surface area contributed by atoms with E-state index < -0.39 is 15.7 Å². The highest BCUT2D eigenvalue weighted by atomic mass is 32.2. The molecule has 5 rings (SSSR count). The number of pyridine rings is 1. The van der Waals surface area contributed by atoms with E-state index in [4.69, 9.17) is 4.98 Å². The van der Waals surface area contributed by atoms with Crippen molar-refractivity contribution < 1.29 is 22.0 Å². The molecule has 1 N–H and O–H groups in total. The molecule has 1 atom stereocenters. The summed E-state index contributed by atoms with van der Waals surface area (Å²) >= 11 is 0. The summed E-state index contributed by atoms with van der Waals surface area (Å²) < 4.78 is 52.5. The van der Waals surface area contributed by atoms with Gasteiger partial charge in [0.15, 0.2) is 15.5 Å². The number of halogens is 2. The molecule has 0 unspecified atom stereocenters. The van der Waals surface area contributed by atoms with Crippen molar-refractivity contribution in [2.45, 2.75) is 25.9 Å². The molecule has 2 aromatic heterocycles. The maximum absolute atomic E-state index is 13.5. The molecular weight excluding hydrogens is 474 g/mol. The normalized spacial score (nSPS) is 17.1. The van der Waals surface area contributed by atoms with Crippen molar-refractivity contribution in [3.05, 3.63) is 83.1 Å². The number of amides is 1. The van der Waals surface area contributed by atoms with Crippen LogP contribution < -0.4 is 5.32 Å². The number of aryl methyl sites for hydroxylation is 1. The van der Waals surface area contributed by atoms with Gasteiger partial charge in [0.25, 0.3) is 5.91 Å². The van der Waals surface area contributed by atoms with Crippen LogP contribution in [0.4, 0.5) is 8.78 Å². The molecule has 0 spiro atoms. The predicted molar refractivity (Wildman–Crippen MR) is 128 cm³/mol. The minimum Gasteiger partial charge on any atom is -0.348 e. The van der Waals surface area contributed by atoms with Crippen LogP contribution in [-0.2, 0) is 16.4 Å². The highest BCUT2D eigenvalue weighted by Crippen LogP contribution is 2.32. The Morgan fingerprint density at radius 3 is 2.37 bits per heavy atom. The van der Waals surface area contributed by atoms with Gasteiger partial charge in [0, 0.05) is 12.1 Å². The molecule has 1 saturated heterocycles. The average molecular weight is 497 g/mol. The number of carbonyl (C=O) groups excluding carboxylic acids is 1. The van der Waals surface area contributed by atoms with Gasteiger partial charge >= 0.3 is 0 Å². The van der Waals surface area contributed by atoms with E-state index in [1.807, 2.05) is 0 Å². The average Bonchev–Trinajstić information content (AvgIpc) is 3.37. The van der Waals surface area contributed by atoms with Gasteiger partial charge < -0.3 is 5.32 Å². The number of carbonyl (C=O) groups is 1. The van der Waals surface area contributed by atoms with Crippen molar-refractivity contribution in [2.75, 3.05) is 11.5 Å². The smallest absolute Gasteiger partial charge is 0.252 e. The van der Waals surface area contributed by atoms with E-state index in [9.17, 15) is 22.0 Å². The van der Waals surface area contributed by atoms with Gasteiger partial charge in [0.2, 0.25) is 0 Å². The second-order valence-corrected chi connectivity index (χ2v) is 10.9. The van der Waals surface area contributed by atoms with Crippen molar-refractivity contribution in [3.8, 4) is 11.3 Å². The fourth-order valence-electron chi connectivity index (χ4n) is 4.36. The zero-order valence-electron chi connectivity index (χ0n) is 18.8. The molecule has 4 aromatic rings. The summed E-state index contributed by atoms with van der Waals surface area (Å²) in [6.07, 6.45) is 0.410. The number of hydrogen-bond donors (Lipinski definition) is 1. The van der Waals surface area contributed by atoms with Crippen LogP contribution in [0.5, 0.6) is 0 Å². The minimum absolute atomic E-state index is 0.0439. The fraction of sp³-hybridized carbons (Fsp3) is 0.240. The SMILES string of the molecule is Cc1nn([C@@H]2CCS(=O)(=O)C2)c2nc(-c3ccc(F)cc3)cc(C(=O)NCc3ccc(F)cc3)c12. The first-order valence-electron chi connectivity index (χ1n) is 11.1. The molecule has 10 heteroatoms. The van der Waals surface area contributed by atoms with Crippen LogP contribution in [0.2, 0.25) is 0 Å². The van der Waals surface area contributed by atoms with Gasteiger partial charge in [-0.1, -0.05) is 12.1 Å². The van der Waals surface area contributed by atoms with Gasteiger partial charge in [0.1, 0.15) is 11.6 Å². The lowest BCUT2D eigenvalue weighted by atomic mass is 10.0. The first-order chi connectivity index (χ1) is 16.7. The Morgan fingerprint density at radius 1 is 1.09 bits per heavy atom. The third-order valence-electron chi connectivity index (χ3n) is 6.14. The van der Waals surface area contributed by atoms with Gasteiger partial charge in [-0.15, -0.1) is 0 Å². The van der Waals surface area contributed by atoms with E-state index in [-0.39, 0.29) is 35.8 Å². The Labute approximate surface area is 200 Å².